The van der Waals surface area contributed by atoms with Crippen molar-refractivity contribution < 1.29 is 0 Å². The quantitative estimate of drug-likeness (QED) is 0.212. The zero-order chi connectivity index (χ0) is 44.3. The Morgan fingerprint density at radius 1 is 0.119 bits per heavy atom. The molecule has 19 saturated carbocycles. The Morgan fingerprint density at radius 2 is 0.343 bits per heavy atom. The molecule has 0 spiro atoms. The highest BCUT2D eigenvalue weighted by atomic mass is 14.8. The van der Waals surface area contributed by atoms with Crippen molar-refractivity contribution in [3.63, 3.8) is 0 Å². The van der Waals surface area contributed by atoms with Gasteiger partial charge in [0.25, 0.3) is 0 Å². The van der Waals surface area contributed by atoms with Gasteiger partial charge in [0.2, 0.25) is 0 Å². The molecule has 24 unspecified atom stereocenters. The van der Waals surface area contributed by atoms with Crippen molar-refractivity contribution in [3.05, 3.63) is 0 Å². The number of hydrogen-bond acceptors (Lipinski definition) is 0. The first kappa shape index (κ1) is 46.8. The van der Waals surface area contributed by atoms with Crippen molar-refractivity contribution >= 4 is 0 Å². The molecule has 0 aliphatic heterocycles. The van der Waals surface area contributed by atoms with Crippen LogP contribution in [0.1, 0.15) is 276 Å². The third-order valence-electron chi connectivity index (χ3n) is 27.4. The van der Waals surface area contributed by atoms with Crippen LogP contribution in [0, 0.1) is 142 Å². The molecule has 378 valence electrons. The molecule has 0 saturated heterocycles. The van der Waals surface area contributed by atoms with E-state index in [9.17, 15) is 0 Å². The van der Waals surface area contributed by atoms with Crippen LogP contribution in [0.5, 0.6) is 0 Å². The minimum Gasteiger partial charge on any atom is -0.0533 e. The fourth-order valence-corrected chi connectivity index (χ4v) is 25.7. The van der Waals surface area contributed by atoms with Crippen LogP contribution in [0.3, 0.4) is 0 Å². The predicted molar refractivity (Wildman–Crippen MR) is 282 cm³/mol. The fourth-order valence-electron chi connectivity index (χ4n) is 25.7. The summed E-state index contributed by atoms with van der Waals surface area (Å²) >= 11 is 0. The lowest BCUT2D eigenvalue weighted by molar-refractivity contribution is -0.00685. The third-order valence-corrected chi connectivity index (χ3v) is 27.4. The molecule has 0 aromatic rings. The maximum absolute atomic E-state index is 1.71. The lowest BCUT2D eigenvalue weighted by atomic mass is 9.57. The molecule has 12 bridgehead atoms. The van der Waals surface area contributed by atoms with Crippen molar-refractivity contribution in [1.82, 2.24) is 0 Å². The van der Waals surface area contributed by atoms with Gasteiger partial charge in [-0.15, -0.1) is 0 Å². The second-order valence-corrected chi connectivity index (χ2v) is 29.7. The molecule has 0 amide bonds. The summed E-state index contributed by atoms with van der Waals surface area (Å²) in [6.07, 6.45) is 67.2. The van der Waals surface area contributed by atoms with Crippen LogP contribution in [-0.4, -0.2) is 0 Å². The van der Waals surface area contributed by atoms with Gasteiger partial charge in [0.05, 0.1) is 0 Å². The summed E-state index contributed by atoms with van der Waals surface area (Å²) in [6.45, 7) is 0. The summed E-state index contributed by atoms with van der Waals surface area (Å²) in [5.41, 5.74) is 0. The second-order valence-electron chi connectivity index (χ2n) is 29.7. The van der Waals surface area contributed by atoms with Crippen molar-refractivity contribution in [3.8, 4) is 0 Å². The minimum absolute atomic E-state index is 1.19. The van der Waals surface area contributed by atoms with E-state index >= 15 is 0 Å². The molecule has 0 radical (unpaired) electrons. The largest absolute Gasteiger partial charge is 0.0533 e. The van der Waals surface area contributed by atoms with Crippen LogP contribution in [0.25, 0.3) is 0 Å². The standard InChI is InChI=1S/C20H28.C16H24.C10H16.C6H12.3C5H10/c1-2-11-12(3-1)14-7-13(11)19-15-8-16(20(14)19)18-10-5-4-9(6-10)17(15)18;1-2-4-12-11(3-1)13-8-14(12)16-10-6-5-9(7-10)15(13)16;1-2-9-7-4-5-8(6-7)10(9)3-1;1-2-4-6-5-3-1;3*1-2-4-5-3-1/h9-20H,1-8H2;9-16H,1-8H2;7-10H,1-6H2;1-6H2;3*1-5H2. The van der Waals surface area contributed by atoms with Crippen LogP contribution < -0.4 is 0 Å². The smallest absolute Gasteiger partial charge is 0.0318 e. The van der Waals surface area contributed by atoms with Crippen molar-refractivity contribution in [2.24, 2.45) is 142 Å². The van der Waals surface area contributed by atoms with Gasteiger partial charge in [0.15, 0.2) is 0 Å². The van der Waals surface area contributed by atoms with E-state index in [1.54, 1.807) is 141 Å². The van der Waals surface area contributed by atoms with Gasteiger partial charge >= 0.3 is 0 Å². The molecule has 0 heteroatoms. The maximum atomic E-state index is 1.71. The Labute approximate surface area is 416 Å². The highest BCUT2D eigenvalue weighted by molar-refractivity contribution is 5.21. The first-order valence-corrected chi connectivity index (χ1v) is 33.3. The number of fused-ring (bicyclic) bond motifs is 36. The molecule has 0 aromatic carbocycles. The van der Waals surface area contributed by atoms with Gasteiger partial charge in [0, 0.05) is 0 Å². The van der Waals surface area contributed by atoms with Gasteiger partial charge in [-0.1, -0.05) is 161 Å². The van der Waals surface area contributed by atoms with Gasteiger partial charge < -0.3 is 0 Å². The molecular formula is C67H110. The van der Waals surface area contributed by atoms with E-state index < -0.39 is 0 Å². The summed E-state index contributed by atoms with van der Waals surface area (Å²) in [4.78, 5) is 0. The number of rotatable bonds is 0. The highest BCUT2D eigenvalue weighted by Crippen LogP contribution is 2.79. The Hall–Kier alpha value is 0. The molecule has 19 rings (SSSR count). The summed E-state index contributed by atoms with van der Waals surface area (Å²) < 4.78 is 0. The Morgan fingerprint density at radius 3 is 0.672 bits per heavy atom. The van der Waals surface area contributed by atoms with E-state index in [1.165, 1.54) is 277 Å². The van der Waals surface area contributed by atoms with Crippen LogP contribution in [0.15, 0.2) is 0 Å². The molecule has 0 heterocycles. The van der Waals surface area contributed by atoms with Gasteiger partial charge in [0.1, 0.15) is 0 Å². The normalized spacial score (nSPS) is 54.1. The number of hydrogen-bond donors (Lipinski definition) is 0. The van der Waals surface area contributed by atoms with Gasteiger partial charge in [-0.2, -0.15) is 0 Å². The topological polar surface area (TPSA) is 0 Å². The average molecular weight is 916 g/mol. The van der Waals surface area contributed by atoms with Crippen LogP contribution in [0.4, 0.5) is 0 Å². The zero-order valence-corrected chi connectivity index (χ0v) is 44.3. The molecular weight excluding hydrogens is 805 g/mol. The van der Waals surface area contributed by atoms with E-state index in [4.69, 9.17) is 0 Å². The molecule has 67 heavy (non-hydrogen) atoms. The van der Waals surface area contributed by atoms with E-state index in [-0.39, 0.29) is 0 Å². The molecule has 19 fully saturated rings. The van der Waals surface area contributed by atoms with Crippen molar-refractivity contribution in [2.45, 2.75) is 276 Å². The maximum Gasteiger partial charge on any atom is -0.0318 e. The van der Waals surface area contributed by atoms with Gasteiger partial charge in [-0.05, 0) is 258 Å². The van der Waals surface area contributed by atoms with E-state index in [0.29, 0.717) is 0 Å². The van der Waals surface area contributed by atoms with E-state index in [0.717, 1.165) is 0 Å². The van der Waals surface area contributed by atoms with Gasteiger partial charge in [-0.25, -0.2) is 0 Å². The first-order chi connectivity index (χ1) is 33.3. The minimum atomic E-state index is 1.19. The van der Waals surface area contributed by atoms with E-state index in [1.807, 2.05) is 0 Å². The van der Waals surface area contributed by atoms with Crippen molar-refractivity contribution in [1.29, 1.82) is 0 Å². The zero-order valence-electron chi connectivity index (χ0n) is 44.3. The molecule has 0 aromatic heterocycles. The molecule has 0 nitrogen and oxygen atoms in total. The van der Waals surface area contributed by atoms with Crippen molar-refractivity contribution in [2.75, 3.05) is 0 Å². The fraction of sp³-hybridized carbons (Fsp3) is 1.00. The summed E-state index contributed by atoms with van der Waals surface area (Å²) in [5, 5.41) is 0. The molecule has 0 N–H and O–H groups in total. The lowest BCUT2D eigenvalue weighted by Crippen LogP contribution is -2.44. The molecule has 19 aliphatic rings. The average Bonchev–Trinajstić information content (AvgIpc) is 4.18. The Kier molecular flexibility index (Phi) is 14.7. The lowest BCUT2D eigenvalue weighted by Gasteiger charge is -2.48. The SMILES string of the molecule is C1CC2C(C1)C1CC2C2C3CC(C4C5CCC(C5)C34)C12.C1CC2C3CCC(C3)C2C1.C1CCC2C(C1)C1CC2C2C3CCC(C3)C12.C1CCCC1.C1CCCC1.C1CCCC1.C1CCCCC1. The summed E-state index contributed by atoms with van der Waals surface area (Å²) in [6, 6.07) is 0. The Balaban J connectivity index is 0.0000000844. The summed E-state index contributed by atoms with van der Waals surface area (Å²) in [7, 11) is 0. The third kappa shape index (κ3) is 8.83. The summed E-state index contributed by atoms with van der Waals surface area (Å²) in [5.74, 6) is 29.3. The first-order valence-electron chi connectivity index (χ1n) is 33.3. The van der Waals surface area contributed by atoms with Crippen LogP contribution >= 0.6 is 0 Å². The molecule has 24 atom stereocenters. The highest BCUT2D eigenvalue weighted by Gasteiger charge is 2.73. The monoisotopic (exact) mass is 915 g/mol. The predicted octanol–water partition coefficient (Wildman–Crippen LogP) is 19.7. The van der Waals surface area contributed by atoms with Crippen LogP contribution in [0.2, 0.25) is 0 Å². The van der Waals surface area contributed by atoms with Gasteiger partial charge in [-0.3, -0.25) is 0 Å². The van der Waals surface area contributed by atoms with E-state index in [2.05, 4.69) is 0 Å². The molecule has 19 aliphatic carbocycles. The second kappa shape index (κ2) is 21.1. The Bertz CT molecular complexity index is 1410. The van der Waals surface area contributed by atoms with Crippen LogP contribution in [-0.2, 0) is 0 Å².